The molecule has 1 aromatic rings. The number of nitrogens with two attached hydrogens (primary N) is 1. The first-order valence-electron chi connectivity index (χ1n) is 5.78. The summed E-state index contributed by atoms with van der Waals surface area (Å²) in [4.78, 5) is 26.4. The first-order valence-corrected chi connectivity index (χ1v) is 6.19. The third kappa shape index (κ3) is 3.08. The van der Waals surface area contributed by atoms with Crippen LogP contribution in [0, 0.1) is 4.77 Å². The molecule has 1 amide bonds. The largest absolute Gasteiger partial charge is 0.494 e. The second-order valence-corrected chi connectivity index (χ2v) is 4.11. The van der Waals surface area contributed by atoms with Crippen LogP contribution in [0.3, 0.4) is 0 Å². The summed E-state index contributed by atoms with van der Waals surface area (Å²) in [5, 5.41) is 10.0. The van der Waals surface area contributed by atoms with E-state index in [0.29, 0.717) is 13.1 Å². The topological polar surface area (TPSA) is 103 Å². The third-order valence-electron chi connectivity index (χ3n) is 2.53. The van der Waals surface area contributed by atoms with Crippen molar-refractivity contribution in [3.63, 3.8) is 0 Å². The molecule has 0 atom stereocenters. The number of carbonyl (C=O) groups is 1. The number of nitrogens with zero attached hydrogens (tertiary/aromatic N) is 3. The highest BCUT2D eigenvalue weighted by atomic mass is 32.1. The molecule has 0 aliphatic carbocycles. The van der Waals surface area contributed by atoms with Crippen molar-refractivity contribution in [3.8, 4) is 5.88 Å². The summed E-state index contributed by atoms with van der Waals surface area (Å²) in [6.45, 7) is 4.13. The molecule has 0 saturated carbocycles. The van der Waals surface area contributed by atoms with Crippen LogP contribution in [0.2, 0.25) is 0 Å². The van der Waals surface area contributed by atoms with Gasteiger partial charge in [-0.2, -0.15) is 0 Å². The van der Waals surface area contributed by atoms with Gasteiger partial charge >= 0.3 is 0 Å². The Kier molecular flexibility index (Phi) is 4.99. The van der Waals surface area contributed by atoms with E-state index in [1.165, 1.54) is 9.13 Å². The van der Waals surface area contributed by atoms with Crippen LogP contribution in [0.15, 0.2) is 9.79 Å². The van der Waals surface area contributed by atoms with Crippen molar-refractivity contribution in [1.82, 2.24) is 9.13 Å². The van der Waals surface area contributed by atoms with Gasteiger partial charge < -0.3 is 10.8 Å². The van der Waals surface area contributed by atoms with Gasteiger partial charge in [0, 0.05) is 19.3 Å². The predicted molar refractivity (Wildman–Crippen MR) is 74.2 cm³/mol. The number of hydrogen-bond donors (Lipinski definition) is 2. The quantitative estimate of drug-likeness (QED) is 0.588. The maximum Gasteiger partial charge on any atom is 0.267 e. The van der Waals surface area contributed by atoms with Gasteiger partial charge in [-0.1, -0.05) is 0 Å². The molecular weight excluding hydrogens is 268 g/mol. The Balaban J connectivity index is 3.47. The van der Waals surface area contributed by atoms with Crippen molar-refractivity contribution < 1.29 is 9.90 Å². The molecule has 0 aromatic carbocycles. The number of aromatic nitrogens is 2. The summed E-state index contributed by atoms with van der Waals surface area (Å²) in [6, 6.07) is 0. The SMILES string of the molecule is CCn1c(O)c(C=NCC(N)=O)c(=O)n(CC)c1=S. The second kappa shape index (κ2) is 6.28. The van der Waals surface area contributed by atoms with Gasteiger partial charge in [0.05, 0.1) is 0 Å². The maximum atomic E-state index is 12.1. The highest BCUT2D eigenvalue weighted by Crippen LogP contribution is 2.12. The predicted octanol–water partition coefficient (Wildman–Crippen LogP) is 0.0289. The molecule has 0 saturated heterocycles. The van der Waals surface area contributed by atoms with E-state index in [1.54, 1.807) is 13.8 Å². The van der Waals surface area contributed by atoms with E-state index >= 15 is 0 Å². The van der Waals surface area contributed by atoms with Gasteiger partial charge in [-0.05, 0) is 26.1 Å². The van der Waals surface area contributed by atoms with Crippen LogP contribution >= 0.6 is 12.2 Å². The monoisotopic (exact) mass is 284 g/mol. The number of aromatic hydroxyl groups is 1. The number of rotatable bonds is 5. The molecule has 1 rings (SSSR count). The van der Waals surface area contributed by atoms with Gasteiger partial charge in [-0.15, -0.1) is 0 Å². The van der Waals surface area contributed by atoms with Crippen molar-refractivity contribution in [2.24, 2.45) is 10.7 Å². The molecule has 8 heteroatoms. The van der Waals surface area contributed by atoms with Crippen LogP contribution in [0.1, 0.15) is 19.4 Å². The molecule has 0 aliphatic heterocycles. The third-order valence-corrected chi connectivity index (χ3v) is 2.97. The van der Waals surface area contributed by atoms with Crippen LogP contribution in [-0.2, 0) is 17.9 Å². The zero-order chi connectivity index (χ0) is 14.6. The molecule has 3 N–H and O–H groups in total. The number of hydrogen-bond acceptors (Lipinski definition) is 5. The number of primary amides is 1. The number of carbonyl (C=O) groups excluding carboxylic acids is 1. The molecule has 0 spiro atoms. The standard InChI is InChI=1S/C11H16N4O3S/c1-3-14-9(17)7(5-13-6-8(12)16)10(18)15(4-2)11(14)19/h5,17H,3-4,6H2,1-2H3,(H2,12,16). The Morgan fingerprint density at radius 1 is 1.42 bits per heavy atom. The highest BCUT2D eigenvalue weighted by molar-refractivity contribution is 7.71. The smallest absolute Gasteiger partial charge is 0.267 e. The van der Waals surface area contributed by atoms with E-state index in [2.05, 4.69) is 4.99 Å². The van der Waals surface area contributed by atoms with Gasteiger partial charge in [0.25, 0.3) is 5.56 Å². The molecule has 1 heterocycles. The van der Waals surface area contributed by atoms with Crippen molar-refractivity contribution >= 4 is 24.3 Å². The molecule has 0 fully saturated rings. The van der Waals surface area contributed by atoms with Crippen molar-refractivity contribution in [2.45, 2.75) is 26.9 Å². The van der Waals surface area contributed by atoms with Gasteiger partial charge in [-0.25, -0.2) is 0 Å². The van der Waals surface area contributed by atoms with Crippen molar-refractivity contribution in [2.75, 3.05) is 6.54 Å². The highest BCUT2D eigenvalue weighted by Gasteiger charge is 2.13. The summed E-state index contributed by atoms with van der Waals surface area (Å²) in [6.07, 6.45) is 1.15. The van der Waals surface area contributed by atoms with E-state index in [-0.39, 0.29) is 22.8 Å². The van der Waals surface area contributed by atoms with Gasteiger partial charge in [0.1, 0.15) is 12.1 Å². The lowest BCUT2D eigenvalue weighted by atomic mass is 10.3. The summed E-state index contributed by atoms with van der Waals surface area (Å²) in [5.74, 6) is -0.870. The zero-order valence-corrected chi connectivity index (χ0v) is 11.6. The fourth-order valence-corrected chi connectivity index (χ4v) is 2.04. The van der Waals surface area contributed by atoms with E-state index in [9.17, 15) is 14.7 Å². The minimum absolute atomic E-state index is 0.00134. The molecule has 104 valence electrons. The van der Waals surface area contributed by atoms with Gasteiger partial charge in [0.2, 0.25) is 11.8 Å². The van der Waals surface area contributed by atoms with Crippen LogP contribution in [0.4, 0.5) is 0 Å². The molecule has 19 heavy (non-hydrogen) atoms. The fourth-order valence-electron chi connectivity index (χ4n) is 1.61. The fraction of sp³-hybridized carbons (Fsp3) is 0.455. The lowest BCUT2D eigenvalue weighted by Crippen LogP contribution is -2.28. The molecule has 0 aliphatic rings. The molecule has 1 aromatic heterocycles. The molecule has 0 unspecified atom stereocenters. The summed E-state index contributed by atoms with van der Waals surface area (Å²) < 4.78 is 3.02. The van der Waals surface area contributed by atoms with E-state index < -0.39 is 11.5 Å². The van der Waals surface area contributed by atoms with Crippen molar-refractivity contribution in [1.29, 1.82) is 0 Å². The first kappa shape index (κ1) is 15.1. The normalized spacial score (nSPS) is 11.1. The van der Waals surface area contributed by atoms with Crippen LogP contribution < -0.4 is 11.3 Å². The summed E-state index contributed by atoms with van der Waals surface area (Å²) in [5.41, 5.74) is 4.51. The summed E-state index contributed by atoms with van der Waals surface area (Å²) in [7, 11) is 0. The second-order valence-electron chi connectivity index (χ2n) is 3.75. The molecule has 0 radical (unpaired) electrons. The molecule has 7 nitrogen and oxygen atoms in total. The minimum Gasteiger partial charge on any atom is -0.494 e. The maximum absolute atomic E-state index is 12.1. The van der Waals surface area contributed by atoms with Crippen molar-refractivity contribution in [3.05, 3.63) is 20.7 Å². The average Bonchev–Trinajstić information content (AvgIpc) is 2.34. The van der Waals surface area contributed by atoms with E-state index in [1.807, 2.05) is 0 Å². The number of aliphatic imine (C=N–C) groups is 1. The summed E-state index contributed by atoms with van der Waals surface area (Å²) >= 11 is 5.13. The van der Waals surface area contributed by atoms with E-state index in [4.69, 9.17) is 18.0 Å². The minimum atomic E-state index is -0.616. The Bertz CT molecular complexity index is 630. The Morgan fingerprint density at radius 2 is 2.00 bits per heavy atom. The number of amides is 1. The van der Waals surface area contributed by atoms with Gasteiger partial charge in [0.15, 0.2) is 4.77 Å². The van der Waals surface area contributed by atoms with Crippen LogP contribution in [0.25, 0.3) is 0 Å². The van der Waals surface area contributed by atoms with E-state index in [0.717, 1.165) is 6.21 Å². The Morgan fingerprint density at radius 3 is 2.47 bits per heavy atom. The van der Waals surface area contributed by atoms with Gasteiger partial charge in [-0.3, -0.25) is 23.7 Å². The van der Waals surface area contributed by atoms with Crippen LogP contribution in [-0.4, -0.2) is 32.9 Å². The zero-order valence-electron chi connectivity index (χ0n) is 10.8. The molecular formula is C11H16N4O3S. The Hall–Kier alpha value is -1.96. The lowest BCUT2D eigenvalue weighted by molar-refractivity contribution is -0.116. The average molecular weight is 284 g/mol. The lowest BCUT2D eigenvalue weighted by Gasteiger charge is -2.13. The first-order chi connectivity index (χ1) is 8.93. The van der Waals surface area contributed by atoms with Crippen LogP contribution in [0.5, 0.6) is 5.88 Å². The Labute approximate surface area is 115 Å². The molecule has 0 bridgehead atoms.